The highest BCUT2D eigenvalue weighted by molar-refractivity contribution is 5.42. The van der Waals surface area contributed by atoms with Gasteiger partial charge in [-0.2, -0.15) is 10.1 Å². The lowest BCUT2D eigenvalue weighted by atomic mass is 10.1. The van der Waals surface area contributed by atoms with Crippen molar-refractivity contribution in [3.05, 3.63) is 29.3 Å². The molecule has 0 atom stereocenters. The molecule has 3 nitrogen and oxygen atoms in total. The SMILES string of the molecule is N#Cc1ccc2c(c1)COO2. The van der Waals surface area contributed by atoms with E-state index in [1.54, 1.807) is 18.2 Å². The summed E-state index contributed by atoms with van der Waals surface area (Å²) in [6.07, 6.45) is 0. The molecule has 0 bridgehead atoms. The van der Waals surface area contributed by atoms with Crippen molar-refractivity contribution in [1.82, 2.24) is 0 Å². The molecule has 2 rings (SSSR count). The lowest BCUT2D eigenvalue weighted by Gasteiger charge is -1.92. The highest BCUT2D eigenvalue weighted by atomic mass is 17.2. The van der Waals surface area contributed by atoms with Crippen LogP contribution in [0.4, 0.5) is 0 Å². The zero-order valence-corrected chi connectivity index (χ0v) is 5.70. The maximum Gasteiger partial charge on any atom is 0.171 e. The quantitative estimate of drug-likeness (QED) is 0.520. The topological polar surface area (TPSA) is 42.2 Å². The molecule has 54 valence electrons. The number of nitriles is 1. The van der Waals surface area contributed by atoms with Gasteiger partial charge in [-0.25, -0.2) is 0 Å². The third kappa shape index (κ3) is 0.935. The monoisotopic (exact) mass is 147 g/mol. The third-order valence-corrected chi connectivity index (χ3v) is 1.55. The molecule has 1 aromatic carbocycles. The molecule has 0 unspecified atom stereocenters. The molecule has 1 aliphatic heterocycles. The molecule has 0 N–H and O–H groups in total. The number of fused-ring (bicyclic) bond motifs is 1. The molecule has 0 amide bonds. The van der Waals surface area contributed by atoms with Crippen molar-refractivity contribution in [1.29, 1.82) is 5.26 Å². The average Bonchev–Trinajstić information content (AvgIpc) is 2.50. The van der Waals surface area contributed by atoms with Crippen molar-refractivity contribution in [2.24, 2.45) is 0 Å². The Bertz CT molecular complexity index is 327. The van der Waals surface area contributed by atoms with Crippen LogP contribution in [0.1, 0.15) is 11.1 Å². The predicted molar refractivity (Wildman–Crippen MR) is 36.6 cm³/mol. The standard InChI is InChI=1S/C8H5NO2/c9-4-6-1-2-8-7(3-6)5-10-11-8/h1-3H,5H2. The van der Waals surface area contributed by atoms with Crippen LogP contribution in [0.3, 0.4) is 0 Å². The summed E-state index contributed by atoms with van der Waals surface area (Å²) in [5, 5.41) is 8.54. The van der Waals surface area contributed by atoms with E-state index in [1.165, 1.54) is 0 Å². The van der Waals surface area contributed by atoms with Crippen molar-refractivity contribution < 1.29 is 9.78 Å². The van der Waals surface area contributed by atoms with E-state index in [4.69, 9.17) is 15.0 Å². The molecule has 3 heteroatoms. The van der Waals surface area contributed by atoms with Crippen LogP contribution in [0.5, 0.6) is 5.75 Å². The predicted octanol–water partition coefficient (Wildman–Crippen LogP) is 1.38. The molecule has 11 heavy (non-hydrogen) atoms. The van der Waals surface area contributed by atoms with E-state index in [2.05, 4.69) is 0 Å². The summed E-state index contributed by atoms with van der Waals surface area (Å²) in [6, 6.07) is 7.25. The van der Waals surface area contributed by atoms with Crippen LogP contribution in [0.25, 0.3) is 0 Å². The van der Waals surface area contributed by atoms with Gasteiger partial charge in [0, 0.05) is 5.56 Å². The number of hydrogen-bond acceptors (Lipinski definition) is 3. The van der Waals surface area contributed by atoms with Gasteiger partial charge < -0.3 is 4.89 Å². The minimum atomic E-state index is 0.435. The normalized spacial score (nSPS) is 13.4. The van der Waals surface area contributed by atoms with Gasteiger partial charge >= 0.3 is 0 Å². The molecule has 0 aromatic heterocycles. The number of nitrogens with zero attached hydrogens (tertiary/aromatic N) is 1. The molecular formula is C8H5NO2. The Labute approximate surface area is 63.7 Å². The number of rotatable bonds is 0. The van der Waals surface area contributed by atoms with E-state index >= 15 is 0 Å². The second-order valence-corrected chi connectivity index (χ2v) is 2.28. The summed E-state index contributed by atoms with van der Waals surface area (Å²) in [6.45, 7) is 0.435. The minimum absolute atomic E-state index is 0.435. The maximum atomic E-state index is 8.54. The van der Waals surface area contributed by atoms with E-state index in [1.807, 2.05) is 6.07 Å². The summed E-state index contributed by atoms with van der Waals surface area (Å²) in [5.74, 6) is 0.712. The first kappa shape index (κ1) is 6.20. The number of benzene rings is 1. The van der Waals surface area contributed by atoms with Crippen LogP contribution in [0.2, 0.25) is 0 Å². The Kier molecular flexibility index (Phi) is 1.27. The molecule has 0 aliphatic carbocycles. The van der Waals surface area contributed by atoms with Gasteiger partial charge in [0.1, 0.15) is 6.61 Å². The summed E-state index contributed by atoms with van der Waals surface area (Å²) in [5.41, 5.74) is 1.57. The van der Waals surface area contributed by atoms with Crippen molar-refractivity contribution in [2.75, 3.05) is 0 Å². The lowest BCUT2D eigenvalue weighted by Crippen LogP contribution is -1.81. The van der Waals surface area contributed by atoms with Gasteiger partial charge in [-0.15, -0.1) is 0 Å². The Morgan fingerprint density at radius 1 is 1.45 bits per heavy atom. The van der Waals surface area contributed by atoms with Gasteiger partial charge in [-0.1, -0.05) is 0 Å². The maximum absolute atomic E-state index is 8.54. The minimum Gasteiger partial charge on any atom is -0.337 e. The van der Waals surface area contributed by atoms with Crippen molar-refractivity contribution in [3.8, 4) is 11.8 Å². The van der Waals surface area contributed by atoms with Crippen molar-refractivity contribution in [2.45, 2.75) is 6.61 Å². The summed E-state index contributed by atoms with van der Waals surface area (Å²) in [7, 11) is 0. The Balaban J connectivity index is 2.51. The highest BCUT2D eigenvalue weighted by Gasteiger charge is 2.13. The van der Waals surface area contributed by atoms with Crippen LogP contribution in [0.15, 0.2) is 18.2 Å². The first-order valence-electron chi connectivity index (χ1n) is 3.22. The third-order valence-electron chi connectivity index (χ3n) is 1.55. The second kappa shape index (κ2) is 2.26. The first-order valence-corrected chi connectivity index (χ1v) is 3.22. The second-order valence-electron chi connectivity index (χ2n) is 2.28. The van der Waals surface area contributed by atoms with Crippen LogP contribution < -0.4 is 4.89 Å². The lowest BCUT2D eigenvalue weighted by molar-refractivity contribution is -0.194. The fourth-order valence-electron chi connectivity index (χ4n) is 1.000. The van der Waals surface area contributed by atoms with Gasteiger partial charge in [0.25, 0.3) is 0 Å². The highest BCUT2D eigenvalue weighted by Crippen LogP contribution is 2.26. The van der Waals surface area contributed by atoms with Crippen LogP contribution >= 0.6 is 0 Å². The molecule has 1 aromatic rings. The fourth-order valence-corrected chi connectivity index (χ4v) is 1.000. The Morgan fingerprint density at radius 2 is 2.36 bits per heavy atom. The molecular weight excluding hydrogens is 142 g/mol. The summed E-state index contributed by atoms with van der Waals surface area (Å²) < 4.78 is 0. The molecule has 0 saturated heterocycles. The first-order chi connectivity index (χ1) is 5.40. The van der Waals surface area contributed by atoms with Gasteiger partial charge in [-0.05, 0) is 18.2 Å². The largest absolute Gasteiger partial charge is 0.337 e. The average molecular weight is 147 g/mol. The van der Waals surface area contributed by atoms with Crippen LogP contribution in [-0.2, 0) is 11.5 Å². The Morgan fingerprint density at radius 3 is 3.18 bits per heavy atom. The van der Waals surface area contributed by atoms with Crippen LogP contribution in [0, 0.1) is 11.3 Å². The van der Waals surface area contributed by atoms with Gasteiger partial charge in [0.2, 0.25) is 0 Å². The molecule has 0 radical (unpaired) electrons. The van der Waals surface area contributed by atoms with Gasteiger partial charge in [-0.3, -0.25) is 0 Å². The van der Waals surface area contributed by atoms with E-state index in [0.717, 1.165) is 5.56 Å². The van der Waals surface area contributed by atoms with E-state index in [0.29, 0.717) is 17.9 Å². The Hall–Kier alpha value is -1.53. The van der Waals surface area contributed by atoms with Gasteiger partial charge in [0.15, 0.2) is 5.75 Å². The molecule has 1 aliphatic rings. The fraction of sp³-hybridized carbons (Fsp3) is 0.125. The zero-order valence-electron chi connectivity index (χ0n) is 5.70. The van der Waals surface area contributed by atoms with Crippen molar-refractivity contribution >= 4 is 0 Å². The van der Waals surface area contributed by atoms with Crippen molar-refractivity contribution in [3.63, 3.8) is 0 Å². The van der Waals surface area contributed by atoms with E-state index in [-0.39, 0.29) is 0 Å². The molecule has 0 saturated carbocycles. The molecule has 1 heterocycles. The van der Waals surface area contributed by atoms with E-state index < -0.39 is 0 Å². The smallest absolute Gasteiger partial charge is 0.171 e. The number of hydrogen-bond donors (Lipinski definition) is 0. The zero-order chi connectivity index (χ0) is 7.68. The molecule has 0 fully saturated rings. The van der Waals surface area contributed by atoms with E-state index in [9.17, 15) is 0 Å². The molecule has 0 spiro atoms. The summed E-state index contributed by atoms with van der Waals surface area (Å²) >= 11 is 0. The summed E-state index contributed by atoms with van der Waals surface area (Å²) in [4.78, 5) is 9.49. The van der Waals surface area contributed by atoms with Crippen LogP contribution in [-0.4, -0.2) is 0 Å². The van der Waals surface area contributed by atoms with Gasteiger partial charge in [0.05, 0.1) is 11.6 Å².